The Balaban J connectivity index is 0.00000180. The topological polar surface area (TPSA) is 80.5 Å². The van der Waals surface area contributed by atoms with E-state index in [0.29, 0.717) is 36.6 Å². The van der Waals surface area contributed by atoms with E-state index in [0.717, 1.165) is 13.1 Å². The molecule has 1 unspecified atom stereocenters. The van der Waals surface area contributed by atoms with Gasteiger partial charge in [0.2, 0.25) is 5.89 Å². The second-order valence-corrected chi connectivity index (χ2v) is 4.92. The highest BCUT2D eigenvalue weighted by Gasteiger charge is 2.17. The number of hydrogen-bond acceptors (Lipinski definition) is 4. The van der Waals surface area contributed by atoms with E-state index in [-0.39, 0.29) is 24.0 Å². The van der Waals surface area contributed by atoms with Gasteiger partial charge in [-0.25, -0.2) is 0 Å². The first-order chi connectivity index (χ1) is 8.65. The molecule has 1 atom stereocenters. The number of halogens is 1. The summed E-state index contributed by atoms with van der Waals surface area (Å²) in [4.78, 5) is 10.7. The molecule has 1 saturated heterocycles. The number of nitrogens with zero attached hydrogens (tertiary/aromatic N) is 4. The van der Waals surface area contributed by atoms with Gasteiger partial charge in [-0.2, -0.15) is 4.98 Å². The van der Waals surface area contributed by atoms with E-state index in [1.807, 2.05) is 0 Å². The first-order valence-electron chi connectivity index (χ1n) is 6.49. The fourth-order valence-electron chi connectivity index (χ4n) is 2.21. The zero-order valence-electron chi connectivity index (χ0n) is 11.5. The van der Waals surface area contributed by atoms with Crippen molar-refractivity contribution >= 4 is 29.9 Å². The Morgan fingerprint density at radius 3 is 3.00 bits per heavy atom. The summed E-state index contributed by atoms with van der Waals surface area (Å²) in [6.07, 6.45) is 3.12. The molecule has 2 N–H and O–H groups in total. The number of rotatable bonds is 3. The molecule has 1 aromatic rings. The molecule has 0 radical (unpaired) electrons. The van der Waals surface area contributed by atoms with Gasteiger partial charge in [-0.15, -0.1) is 24.0 Å². The molecule has 1 aromatic heterocycles. The van der Waals surface area contributed by atoms with Gasteiger partial charge in [-0.05, 0) is 25.7 Å². The van der Waals surface area contributed by atoms with Gasteiger partial charge in [0, 0.05) is 19.5 Å². The van der Waals surface area contributed by atoms with Crippen LogP contribution >= 0.6 is 24.0 Å². The summed E-state index contributed by atoms with van der Waals surface area (Å²) in [5.41, 5.74) is 5.99. The van der Waals surface area contributed by atoms with Crippen molar-refractivity contribution in [2.45, 2.75) is 33.1 Å². The van der Waals surface area contributed by atoms with Gasteiger partial charge in [-0.3, -0.25) is 4.99 Å². The maximum atomic E-state index is 5.99. The lowest BCUT2D eigenvalue weighted by molar-refractivity contribution is 0.270. The van der Waals surface area contributed by atoms with Crippen LogP contribution in [0.2, 0.25) is 0 Å². The molecule has 2 heterocycles. The number of guanidine groups is 1. The van der Waals surface area contributed by atoms with Gasteiger partial charge < -0.3 is 15.2 Å². The van der Waals surface area contributed by atoms with Crippen LogP contribution in [0.15, 0.2) is 9.52 Å². The van der Waals surface area contributed by atoms with E-state index in [4.69, 9.17) is 10.3 Å². The van der Waals surface area contributed by atoms with E-state index in [1.54, 1.807) is 6.92 Å². The molecule has 0 aromatic carbocycles. The van der Waals surface area contributed by atoms with Crippen molar-refractivity contribution in [1.82, 2.24) is 15.0 Å². The summed E-state index contributed by atoms with van der Waals surface area (Å²) in [5.74, 6) is 2.62. The largest absolute Gasteiger partial charge is 0.370 e. The van der Waals surface area contributed by atoms with Crippen molar-refractivity contribution in [3.8, 4) is 0 Å². The van der Waals surface area contributed by atoms with Gasteiger partial charge in [0.25, 0.3) is 0 Å². The number of aryl methyl sites for hydroxylation is 1. The Hall–Kier alpha value is -0.860. The Kier molecular flexibility index (Phi) is 6.53. The summed E-state index contributed by atoms with van der Waals surface area (Å²) in [6.45, 7) is 6.67. The lowest BCUT2D eigenvalue weighted by atomic mass is 10.0. The standard InChI is InChI=1S/C12H21N5O.HI/c1-9-4-3-7-17(8-9)12(13)14-6-5-11-15-10(2)16-18-11;/h9H,3-8H2,1-2H3,(H2,13,14);1H. The second kappa shape index (κ2) is 7.66. The smallest absolute Gasteiger partial charge is 0.228 e. The number of aromatic nitrogens is 2. The van der Waals surface area contributed by atoms with Crippen molar-refractivity contribution in [2.75, 3.05) is 19.6 Å². The molecule has 0 amide bonds. The van der Waals surface area contributed by atoms with E-state index in [2.05, 4.69) is 27.0 Å². The first-order valence-corrected chi connectivity index (χ1v) is 6.49. The molecule has 0 aliphatic carbocycles. The Bertz CT molecular complexity index is 420. The monoisotopic (exact) mass is 379 g/mol. The molecular formula is C12H22IN5O. The third-order valence-electron chi connectivity index (χ3n) is 3.15. The van der Waals surface area contributed by atoms with E-state index < -0.39 is 0 Å². The number of hydrogen-bond donors (Lipinski definition) is 1. The van der Waals surface area contributed by atoms with E-state index >= 15 is 0 Å². The van der Waals surface area contributed by atoms with Crippen LogP contribution < -0.4 is 5.73 Å². The van der Waals surface area contributed by atoms with Crippen LogP contribution in [0.1, 0.15) is 31.5 Å². The van der Waals surface area contributed by atoms with Crippen LogP contribution in [0, 0.1) is 12.8 Å². The fourth-order valence-corrected chi connectivity index (χ4v) is 2.21. The zero-order valence-corrected chi connectivity index (χ0v) is 13.8. The molecule has 108 valence electrons. The fraction of sp³-hybridized carbons (Fsp3) is 0.750. The first kappa shape index (κ1) is 16.2. The van der Waals surface area contributed by atoms with Crippen LogP contribution in [0.25, 0.3) is 0 Å². The molecule has 0 bridgehead atoms. The summed E-state index contributed by atoms with van der Waals surface area (Å²) in [6, 6.07) is 0. The minimum Gasteiger partial charge on any atom is -0.370 e. The van der Waals surface area contributed by atoms with Crippen molar-refractivity contribution in [2.24, 2.45) is 16.6 Å². The summed E-state index contributed by atoms with van der Waals surface area (Å²) < 4.78 is 5.02. The number of nitrogens with two attached hydrogens (primary N) is 1. The van der Waals surface area contributed by atoms with Crippen molar-refractivity contribution in [3.05, 3.63) is 11.7 Å². The Morgan fingerprint density at radius 2 is 2.37 bits per heavy atom. The van der Waals surface area contributed by atoms with Gasteiger partial charge in [0.15, 0.2) is 11.8 Å². The second-order valence-electron chi connectivity index (χ2n) is 4.92. The highest BCUT2D eigenvalue weighted by Crippen LogP contribution is 2.14. The molecule has 7 heteroatoms. The average Bonchev–Trinajstić information content (AvgIpc) is 2.75. The Labute approximate surface area is 130 Å². The lowest BCUT2D eigenvalue weighted by Crippen LogP contribution is -2.43. The SMILES string of the molecule is Cc1noc(CCN=C(N)N2CCCC(C)C2)n1.I. The van der Waals surface area contributed by atoms with Gasteiger partial charge in [0.1, 0.15) is 0 Å². The molecule has 2 rings (SSSR count). The molecule has 1 aliphatic heterocycles. The van der Waals surface area contributed by atoms with Crippen LogP contribution in [-0.4, -0.2) is 40.6 Å². The average molecular weight is 379 g/mol. The zero-order chi connectivity index (χ0) is 13.0. The summed E-state index contributed by atoms with van der Waals surface area (Å²) in [7, 11) is 0. The summed E-state index contributed by atoms with van der Waals surface area (Å²) in [5, 5.41) is 3.74. The number of piperidine rings is 1. The minimum absolute atomic E-state index is 0. The highest BCUT2D eigenvalue weighted by atomic mass is 127. The molecule has 1 fully saturated rings. The molecule has 0 saturated carbocycles. The quantitative estimate of drug-likeness (QED) is 0.490. The van der Waals surface area contributed by atoms with Crippen molar-refractivity contribution in [1.29, 1.82) is 0 Å². The predicted molar refractivity (Wildman–Crippen MR) is 84.6 cm³/mol. The predicted octanol–water partition coefficient (Wildman–Crippen LogP) is 1.59. The van der Waals surface area contributed by atoms with Crippen LogP contribution in [0.3, 0.4) is 0 Å². The maximum Gasteiger partial charge on any atom is 0.228 e. The van der Waals surface area contributed by atoms with Crippen molar-refractivity contribution < 1.29 is 4.52 Å². The third-order valence-corrected chi connectivity index (χ3v) is 3.15. The third kappa shape index (κ3) is 4.96. The molecule has 19 heavy (non-hydrogen) atoms. The van der Waals surface area contributed by atoms with Crippen LogP contribution in [0.4, 0.5) is 0 Å². The van der Waals surface area contributed by atoms with Crippen LogP contribution in [0.5, 0.6) is 0 Å². The van der Waals surface area contributed by atoms with Crippen molar-refractivity contribution in [3.63, 3.8) is 0 Å². The lowest BCUT2D eigenvalue weighted by Gasteiger charge is -2.31. The van der Waals surface area contributed by atoms with Gasteiger partial charge in [0.05, 0.1) is 6.54 Å². The molecule has 6 nitrogen and oxygen atoms in total. The number of aliphatic imine (C=N–C) groups is 1. The highest BCUT2D eigenvalue weighted by molar-refractivity contribution is 14.0. The minimum atomic E-state index is 0. The normalized spacial score (nSPS) is 20.2. The van der Waals surface area contributed by atoms with E-state index in [9.17, 15) is 0 Å². The molecular weight excluding hydrogens is 357 g/mol. The summed E-state index contributed by atoms with van der Waals surface area (Å²) >= 11 is 0. The van der Waals surface area contributed by atoms with Gasteiger partial charge in [-0.1, -0.05) is 12.1 Å². The molecule has 1 aliphatic rings. The maximum absolute atomic E-state index is 5.99. The van der Waals surface area contributed by atoms with E-state index in [1.165, 1.54) is 12.8 Å². The molecule has 0 spiro atoms. The van der Waals surface area contributed by atoms with Crippen LogP contribution in [-0.2, 0) is 6.42 Å². The number of likely N-dealkylation sites (tertiary alicyclic amines) is 1. The van der Waals surface area contributed by atoms with Gasteiger partial charge >= 0.3 is 0 Å². The Morgan fingerprint density at radius 1 is 1.58 bits per heavy atom.